The second kappa shape index (κ2) is 7.69. The molecule has 0 bridgehead atoms. The average molecular weight is 420 g/mol. The Morgan fingerprint density at radius 1 is 1.10 bits per heavy atom. The molecule has 0 radical (unpaired) electrons. The number of hydrogen-bond acceptors (Lipinski definition) is 3. The van der Waals surface area contributed by atoms with Crippen LogP contribution in [0.4, 0.5) is 4.39 Å². The first-order chi connectivity index (χ1) is 14.7. The predicted octanol–water partition coefficient (Wildman–Crippen LogP) is 4.96. The Bertz CT molecular complexity index is 1330. The van der Waals surface area contributed by atoms with Crippen molar-refractivity contribution in [1.82, 2.24) is 14.0 Å². The normalized spacial score (nSPS) is 11.8. The fourth-order valence-corrected chi connectivity index (χ4v) is 3.73. The molecule has 2 heterocycles. The SMILES string of the molecule is COc1cccc(-c2c(C)n(Cc3ccccc3F)c3nc(C(C)(C)C)cn3c2=O)c1. The zero-order valence-electron chi connectivity index (χ0n) is 18.4. The fourth-order valence-electron chi connectivity index (χ4n) is 3.73. The van der Waals surface area contributed by atoms with Gasteiger partial charge in [-0.15, -0.1) is 0 Å². The Labute approximate surface area is 180 Å². The Morgan fingerprint density at radius 3 is 2.52 bits per heavy atom. The Morgan fingerprint density at radius 2 is 1.84 bits per heavy atom. The summed E-state index contributed by atoms with van der Waals surface area (Å²) < 4.78 is 23.3. The zero-order valence-corrected chi connectivity index (χ0v) is 18.4. The number of nitrogens with zero attached hydrogens (tertiary/aromatic N) is 3. The van der Waals surface area contributed by atoms with Crippen LogP contribution in [0, 0.1) is 12.7 Å². The molecule has 0 aliphatic heterocycles. The molecule has 4 aromatic rings. The van der Waals surface area contributed by atoms with Gasteiger partial charge in [-0.25, -0.2) is 9.37 Å². The zero-order chi connectivity index (χ0) is 22.3. The van der Waals surface area contributed by atoms with Crippen molar-refractivity contribution in [2.75, 3.05) is 7.11 Å². The molecule has 0 unspecified atom stereocenters. The molecule has 0 N–H and O–H groups in total. The minimum Gasteiger partial charge on any atom is -0.497 e. The van der Waals surface area contributed by atoms with Crippen molar-refractivity contribution in [3.63, 3.8) is 0 Å². The topological polar surface area (TPSA) is 48.5 Å². The average Bonchev–Trinajstić information content (AvgIpc) is 3.19. The molecule has 0 aliphatic rings. The first kappa shape index (κ1) is 20.8. The van der Waals surface area contributed by atoms with E-state index in [9.17, 15) is 9.18 Å². The first-order valence-corrected chi connectivity index (χ1v) is 10.2. The van der Waals surface area contributed by atoms with E-state index in [2.05, 4.69) is 20.8 Å². The van der Waals surface area contributed by atoms with Gasteiger partial charge >= 0.3 is 0 Å². The van der Waals surface area contributed by atoms with Crippen molar-refractivity contribution >= 4 is 5.78 Å². The van der Waals surface area contributed by atoms with E-state index in [1.165, 1.54) is 6.07 Å². The number of hydrogen-bond donors (Lipinski definition) is 0. The van der Waals surface area contributed by atoms with Crippen molar-refractivity contribution in [2.24, 2.45) is 0 Å². The highest BCUT2D eigenvalue weighted by atomic mass is 19.1. The maximum atomic E-state index is 14.5. The monoisotopic (exact) mass is 419 g/mol. The molecule has 2 aromatic carbocycles. The maximum absolute atomic E-state index is 14.5. The molecule has 0 aliphatic carbocycles. The van der Waals surface area contributed by atoms with Crippen molar-refractivity contribution in [2.45, 2.75) is 39.7 Å². The van der Waals surface area contributed by atoms with Gasteiger partial charge in [0.15, 0.2) is 0 Å². The number of rotatable bonds is 4. The molecule has 0 atom stereocenters. The van der Waals surface area contributed by atoms with E-state index in [-0.39, 0.29) is 23.3 Å². The summed E-state index contributed by atoms with van der Waals surface area (Å²) in [6.45, 7) is 8.30. The van der Waals surface area contributed by atoms with Crippen LogP contribution in [0.15, 0.2) is 59.5 Å². The minimum absolute atomic E-state index is 0.159. The molecule has 31 heavy (non-hydrogen) atoms. The number of benzene rings is 2. The van der Waals surface area contributed by atoms with Gasteiger partial charge in [0.1, 0.15) is 11.6 Å². The highest BCUT2D eigenvalue weighted by Crippen LogP contribution is 2.27. The van der Waals surface area contributed by atoms with Crippen LogP contribution in [0.1, 0.15) is 37.7 Å². The third kappa shape index (κ3) is 3.74. The van der Waals surface area contributed by atoms with Crippen LogP contribution < -0.4 is 10.3 Å². The van der Waals surface area contributed by atoms with E-state index >= 15 is 0 Å². The lowest BCUT2D eigenvalue weighted by atomic mass is 9.93. The largest absolute Gasteiger partial charge is 0.497 e. The van der Waals surface area contributed by atoms with Gasteiger partial charge in [-0.2, -0.15) is 0 Å². The summed E-state index contributed by atoms with van der Waals surface area (Å²) in [5.41, 5.74) is 2.95. The Kier molecular flexibility index (Phi) is 5.17. The van der Waals surface area contributed by atoms with E-state index in [0.29, 0.717) is 22.7 Å². The molecule has 5 nitrogen and oxygen atoms in total. The Hall–Kier alpha value is -3.41. The summed E-state index contributed by atoms with van der Waals surface area (Å²) in [5, 5.41) is 0. The van der Waals surface area contributed by atoms with E-state index in [1.54, 1.807) is 29.8 Å². The summed E-state index contributed by atoms with van der Waals surface area (Å²) in [6, 6.07) is 14.1. The predicted molar refractivity (Wildman–Crippen MR) is 120 cm³/mol. The van der Waals surface area contributed by atoms with Gasteiger partial charge in [-0.1, -0.05) is 51.1 Å². The van der Waals surface area contributed by atoms with E-state index in [0.717, 1.165) is 17.0 Å². The number of methoxy groups -OCH3 is 1. The smallest absolute Gasteiger partial charge is 0.267 e. The van der Waals surface area contributed by atoms with E-state index < -0.39 is 0 Å². The second-order valence-electron chi connectivity index (χ2n) is 8.72. The molecular formula is C25H26FN3O2. The first-order valence-electron chi connectivity index (χ1n) is 10.2. The molecule has 0 amide bonds. The lowest BCUT2D eigenvalue weighted by Gasteiger charge is -2.17. The van der Waals surface area contributed by atoms with Gasteiger partial charge in [-0.3, -0.25) is 9.20 Å². The summed E-state index contributed by atoms with van der Waals surface area (Å²) in [4.78, 5) is 18.3. The highest BCUT2D eigenvalue weighted by molar-refractivity contribution is 5.68. The van der Waals surface area contributed by atoms with Crippen molar-refractivity contribution in [3.8, 4) is 16.9 Å². The molecule has 0 spiro atoms. The van der Waals surface area contributed by atoms with Crippen molar-refractivity contribution < 1.29 is 9.13 Å². The van der Waals surface area contributed by atoms with E-state index in [4.69, 9.17) is 9.72 Å². The molecule has 0 saturated heterocycles. The maximum Gasteiger partial charge on any atom is 0.267 e. The van der Waals surface area contributed by atoms with Crippen molar-refractivity contribution in [3.05, 3.63) is 87.9 Å². The van der Waals surface area contributed by atoms with Crippen LogP contribution in [0.5, 0.6) is 5.75 Å². The summed E-state index contributed by atoms with van der Waals surface area (Å²) in [7, 11) is 1.59. The third-order valence-electron chi connectivity index (χ3n) is 5.54. The van der Waals surface area contributed by atoms with Crippen LogP contribution in [0.25, 0.3) is 16.9 Å². The van der Waals surface area contributed by atoms with Gasteiger partial charge in [0, 0.05) is 22.9 Å². The minimum atomic E-state index is -0.288. The van der Waals surface area contributed by atoms with Crippen LogP contribution in [0.2, 0.25) is 0 Å². The lowest BCUT2D eigenvalue weighted by molar-refractivity contribution is 0.415. The van der Waals surface area contributed by atoms with Crippen molar-refractivity contribution in [1.29, 1.82) is 0 Å². The number of imidazole rings is 1. The lowest BCUT2D eigenvalue weighted by Crippen LogP contribution is -2.23. The molecular weight excluding hydrogens is 393 g/mol. The van der Waals surface area contributed by atoms with Gasteiger partial charge in [0.2, 0.25) is 5.78 Å². The van der Waals surface area contributed by atoms with E-state index in [1.807, 2.05) is 41.8 Å². The molecule has 0 fully saturated rings. The molecule has 2 aromatic heterocycles. The van der Waals surface area contributed by atoms with Gasteiger partial charge < -0.3 is 9.30 Å². The number of aromatic nitrogens is 3. The molecule has 4 rings (SSSR count). The fraction of sp³-hybridized carbons (Fsp3) is 0.280. The standard InChI is InChI=1S/C25H26FN3O2/c1-16-22(17-10-8-11-19(13-17)31-5)23(30)29-15-21(25(2,3)4)27-24(29)28(16)14-18-9-6-7-12-20(18)26/h6-13,15H,14H2,1-5H3. The number of ether oxygens (including phenoxy) is 1. The van der Waals surface area contributed by atoms with Gasteiger partial charge in [0.25, 0.3) is 5.56 Å². The van der Waals surface area contributed by atoms with Crippen LogP contribution in [0.3, 0.4) is 0 Å². The van der Waals surface area contributed by atoms with Gasteiger partial charge in [-0.05, 0) is 30.7 Å². The second-order valence-corrected chi connectivity index (χ2v) is 8.72. The quantitative estimate of drug-likeness (QED) is 0.470. The number of halogens is 1. The Balaban J connectivity index is 2.05. The molecule has 160 valence electrons. The van der Waals surface area contributed by atoms with Crippen LogP contribution in [-0.4, -0.2) is 21.1 Å². The number of fused-ring (bicyclic) bond motifs is 1. The third-order valence-corrected chi connectivity index (χ3v) is 5.54. The summed E-state index contributed by atoms with van der Waals surface area (Å²) in [5.74, 6) is 0.879. The van der Waals surface area contributed by atoms with Gasteiger partial charge in [0.05, 0.1) is 24.9 Å². The molecule has 0 saturated carbocycles. The summed E-state index contributed by atoms with van der Waals surface area (Å²) >= 11 is 0. The molecule has 6 heteroatoms. The van der Waals surface area contributed by atoms with Crippen LogP contribution in [-0.2, 0) is 12.0 Å². The van der Waals surface area contributed by atoms with Crippen LogP contribution >= 0.6 is 0 Å². The summed E-state index contributed by atoms with van der Waals surface area (Å²) in [6.07, 6.45) is 1.79. The highest BCUT2D eigenvalue weighted by Gasteiger charge is 2.23.